The summed E-state index contributed by atoms with van der Waals surface area (Å²) in [6.07, 6.45) is 2.42. The van der Waals surface area contributed by atoms with E-state index in [4.69, 9.17) is 20.4 Å². The number of hydrogen-bond donors (Lipinski definition) is 0. The Morgan fingerprint density at radius 2 is 2.14 bits per heavy atom. The first-order valence-corrected chi connectivity index (χ1v) is 7.62. The van der Waals surface area contributed by atoms with E-state index < -0.39 is 0 Å². The van der Waals surface area contributed by atoms with E-state index in [1.807, 2.05) is 13.0 Å². The molecular formula is C16H12ClN3O2. The van der Waals surface area contributed by atoms with E-state index in [9.17, 15) is 0 Å². The number of aryl methyl sites for hydroxylation is 1. The van der Waals surface area contributed by atoms with Crippen LogP contribution in [0.3, 0.4) is 0 Å². The van der Waals surface area contributed by atoms with Crippen LogP contribution in [-0.4, -0.2) is 15.2 Å². The van der Waals surface area contributed by atoms with Gasteiger partial charge in [-0.05, 0) is 48.4 Å². The Morgan fingerprint density at radius 1 is 1.23 bits per heavy atom. The van der Waals surface area contributed by atoms with Gasteiger partial charge < -0.3 is 8.83 Å². The number of oxazole rings is 1. The summed E-state index contributed by atoms with van der Waals surface area (Å²) in [7, 11) is 0. The van der Waals surface area contributed by atoms with Gasteiger partial charge in [-0.1, -0.05) is 17.7 Å². The highest BCUT2D eigenvalue weighted by molar-refractivity contribution is 6.30. The van der Waals surface area contributed by atoms with Crippen LogP contribution in [0.4, 0.5) is 0 Å². The van der Waals surface area contributed by atoms with Gasteiger partial charge in [0.05, 0.1) is 5.69 Å². The largest absolute Gasteiger partial charge is 0.438 e. The van der Waals surface area contributed by atoms with Crippen molar-refractivity contribution in [2.24, 2.45) is 5.92 Å². The first-order valence-electron chi connectivity index (χ1n) is 7.24. The van der Waals surface area contributed by atoms with E-state index in [0.717, 1.165) is 17.1 Å². The van der Waals surface area contributed by atoms with Crippen molar-refractivity contribution in [3.8, 4) is 11.7 Å². The van der Waals surface area contributed by atoms with Crippen molar-refractivity contribution in [1.29, 1.82) is 0 Å². The van der Waals surface area contributed by atoms with Crippen molar-refractivity contribution in [3.05, 3.63) is 52.3 Å². The third kappa shape index (κ3) is 1.63. The van der Waals surface area contributed by atoms with Crippen LogP contribution in [0.25, 0.3) is 11.7 Å². The Balaban J connectivity index is 1.46. The van der Waals surface area contributed by atoms with Crippen LogP contribution in [0.5, 0.6) is 0 Å². The standard InChI is InChI=1S/C16H12ClN3O2/c1-7-14(21-6-18-7)16-20-19-15(22-16)13-11-5-8-4-9(17)2-3-10(8)12(11)13/h2-4,6,11-13H,5H2,1H3. The van der Waals surface area contributed by atoms with Gasteiger partial charge in [-0.25, -0.2) is 4.98 Å². The minimum absolute atomic E-state index is 0.318. The Hall–Kier alpha value is -2.14. The molecule has 3 unspecified atom stereocenters. The number of rotatable bonds is 2. The minimum atomic E-state index is 0.318. The number of hydrogen-bond acceptors (Lipinski definition) is 5. The van der Waals surface area contributed by atoms with Gasteiger partial charge in [0, 0.05) is 10.9 Å². The van der Waals surface area contributed by atoms with Gasteiger partial charge in [0.15, 0.2) is 6.39 Å². The highest BCUT2D eigenvalue weighted by Crippen LogP contribution is 2.66. The Morgan fingerprint density at radius 3 is 2.95 bits per heavy atom. The van der Waals surface area contributed by atoms with Crippen LogP contribution >= 0.6 is 11.6 Å². The second-order valence-electron chi connectivity index (χ2n) is 5.98. The maximum absolute atomic E-state index is 6.06. The second kappa shape index (κ2) is 4.20. The lowest BCUT2D eigenvalue weighted by Gasteiger charge is -2.05. The molecule has 22 heavy (non-hydrogen) atoms. The molecule has 2 heterocycles. The molecule has 1 aromatic carbocycles. The fourth-order valence-electron chi connectivity index (χ4n) is 3.69. The van der Waals surface area contributed by atoms with E-state index in [0.29, 0.717) is 35.3 Å². The number of benzene rings is 1. The van der Waals surface area contributed by atoms with E-state index in [1.54, 1.807) is 0 Å². The lowest BCUT2D eigenvalue weighted by Crippen LogP contribution is -1.93. The number of aromatic nitrogens is 3. The van der Waals surface area contributed by atoms with Crippen molar-refractivity contribution in [2.45, 2.75) is 25.2 Å². The van der Waals surface area contributed by atoms with Gasteiger partial charge in [-0.15, -0.1) is 10.2 Å². The molecule has 110 valence electrons. The van der Waals surface area contributed by atoms with Crippen molar-refractivity contribution in [2.75, 3.05) is 0 Å². The van der Waals surface area contributed by atoms with Gasteiger partial charge in [-0.3, -0.25) is 0 Å². The average Bonchev–Trinajstić information content (AvgIpc) is 2.93. The van der Waals surface area contributed by atoms with Gasteiger partial charge in [0.2, 0.25) is 11.7 Å². The van der Waals surface area contributed by atoms with Gasteiger partial charge >= 0.3 is 0 Å². The van der Waals surface area contributed by atoms with Crippen molar-refractivity contribution >= 4 is 11.6 Å². The zero-order chi connectivity index (χ0) is 14.8. The van der Waals surface area contributed by atoms with Gasteiger partial charge in [-0.2, -0.15) is 0 Å². The van der Waals surface area contributed by atoms with E-state index in [2.05, 4.69) is 27.3 Å². The van der Waals surface area contributed by atoms with Crippen LogP contribution in [0.15, 0.2) is 33.4 Å². The molecule has 0 spiro atoms. The Kier molecular flexibility index (Phi) is 2.37. The Bertz CT molecular complexity index is 885. The molecule has 2 aromatic heterocycles. The molecule has 0 aliphatic heterocycles. The van der Waals surface area contributed by atoms with E-state index in [-0.39, 0.29) is 0 Å². The summed E-state index contributed by atoms with van der Waals surface area (Å²) in [6, 6.07) is 6.15. The van der Waals surface area contributed by atoms with Crippen LogP contribution in [-0.2, 0) is 6.42 Å². The molecule has 1 fully saturated rings. The molecule has 0 radical (unpaired) electrons. The normalized spacial score (nSPS) is 25.1. The molecule has 5 rings (SSSR count). The second-order valence-corrected chi connectivity index (χ2v) is 6.41. The third-order valence-electron chi connectivity index (χ3n) is 4.75. The number of fused-ring (bicyclic) bond motifs is 3. The van der Waals surface area contributed by atoms with Gasteiger partial charge in [0.1, 0.15) is 0 Å². The summed E-state index contributed by atoms with van der Waals surface area (Å²) >= 11 is 6.06. The van der Waals surface area contributed by atoms with Crippen molar-refractivity contribution < 1.29 is 8.83 Å². The average molecular weight is 314 g/mol. The third-order valence-corrected chi connectivity index (χ3v) is 4.99. The first kappa shape index (κ1) is 12.4. The fourth-order valence-corrected chi connectivity index (χ4v) is 3.88. The summed E-state index contributed by atoms with van der Waals surface area (Å²) in [6.45, 7) is 1.86. The summed E-state index contributed by atoms with van der Waals surface area (Å²) in [5, 5.41) is 9.13. The summed E-state index contributed by atoms with van der Waals surface area (Å²) in [5.41, 5.74) is 3.48. The molecule has 0 saturated heterocycles. The van der Waals surface area contributed by atoms with Gasteiger partial charge in [0.25, 0.3) is 5.89 Å². The highest BCUT2D eigenvalue weighted by Gasteiger charge is 2.59. The molecule has 6 heteroatoms. The molecule has 0 N–H and O–H groups in total. The number of halogens is 1. The monoisotopic (exact) mass is 313 g/mol. The molecule has 2 aliphatic rings. The molecular weight excluding hydrogens is 302 g/mol. The summed E-state index contributed by atoms with van der Waals surface area (Å²) in [5.74, 6) is 3.01. The topological polar surface area (TPSA) is 65.0 Å². The minimum Gasteiger partial charge on any atom is -0.438 e. The molecule has 2 aliphatic carbocycles. The molecule has 0 bridgehead atoms. The fraction of sp³-hybridized carbons (Fsp3) is 0.312. The van der Waals surface area contributed by atoms with Crippen molar-refractivity contribution in [1.82, 2.24) is 15.2 Å². The first-order chi connectivity index (χ1) is 10.7. The SMILES string of the molecule is Cc1ncoc1-c1nnc(C2C3Cc4cc(Cl)ccc4C32)o1. The zero-order valence-corrected chi connectivity index (χ0v) is 12.5. The maximum Gasteiger partial charge on any atom is 0.285 e. The Labute approximate surface area is 131 Å². The molecule has 3 aromatic rings. The molecule has 0 amide bonds. The zero-order valence-electron chi connectivity index (χ0n) is 11.8. The molecule has 1 saturated carbocycles. The van der Waals surface area contributed by atoms with E-state index in [1.165, 1.54) is 17.5 Å². The quantitative estimate of drug-likeness (QED) is 0.721. The predicted octanol–water partition coefficient (Wildman–Crippen LogP) is 3.74. The van der Waals surface area contributed by atoms with Crippen LogP contribution in [0.1, 0.15) is 34.5 Å². The lowest BCUT2D eigenvalue weighted by atomic mass is 10.0. The molecule has 3 atom stereocenters. The van der Waals surface area contributed by atoms with Crippen molar-refractivity contribution in [3.63, 3.8) is 0 Å². The summed E-state index contributed by atoms with van der Waals surface area (Å²) < 4.78 is 11.1. The highest BCUT2D eigenvalue weighted by atomic mass is 35.5. The maximum atomic E-state index is 6.06. The smallest absolute Gasteiger partial charge is 0.285 e. The summed E-state index contributed by atoms with van der Waals surface area (Å²) in [4.78, 5) is 4.05. The molecule has 5 nitrogen and oxygen atoms in total. The number of nitrogens with zero attached hydrogens (tertiary/aromatic N) is 3. The van der Waals surface area contributed by atoms with Crippen LogP contribution < -0.4 is 0 Å². The predicted molar refractivity (Wildman–Crippen MR) is 78.7 cm³/mol. The lowest BCUT2D eigenvalue weighted by molar-refractivity contribution is 0.471. The van der Waals surface area contributed by atoms with Crippen LogP contribution in [0, 0.1) is 12.8 Å². The van der Waals surface area contributed by atoms with Crippen LogP contribution in [0.2, 0.25) is 5.02 Å². The van der Waals surface area contributed by atoms with E-state index >= 15 is 0 Å².